The number of benzene rings is 1. The van der Waals surface area contributed by atoms with Crippen LogP contribution in [0.15, 0.2) is 24.3 Å². The number of likely N-dealkylation sites (N-methyl/N-ethyl adjacent to an activating group) is 1. The number of aromatic nitrogens is 3. The highest BCUT2D eigenvalue weighted by Gasteiger charge is 2.35. The Labute approximate surface area is 164 Å². The van der Waals surface area contributed by atoms with Crippen LogP contribution in [0.5, 0.6) is 5.75 Å². The van der Waals surface area contributed by atoms with Crippen LogP contribution in [0.2, 0.25) is 0 Å². The van der Waals surface area contributed by atoms with E-state index in [9.17, 15) is 23.1 Å². The highest BCUT2D eigenvalue weighted by Crippen LogP contribution is 2.31. The molecular formula is C18H20F3N5O3. The van der Waals surface area contributed by atoms with Crippen LogP contribution in [-0.4, -0.2) is 68.2 Å². The van der Waals surface area contributed by atoms with Crippen molar-refractivity contribution in [2.75, 3.05) is 20.1 Å². The fraction of sp³-hybridized carbons (Fsp3) is 0.500. The molecule has 29 heavy (non-hydrogen) atoms. The number of likely N-dealkylation sites (tertiary alicyclic amines) is 1. The molecule has 2 aliphatic rings. The molecule has 0 spiro atoms. The molecule has 0 saturated carbocycles. The second-order valence-electron chi connectivity index (χ2n) is 7.27. The molecule has 2 aromatic rings. The van der Waals surface area contributed by atoms with Gasteiger partial charge in [0.15, 0.2) is 11.6 Å². The molecule has 2 atom stereocenters. The summed E-state index contributed by atoms with van der Waals surface area (Å²) in [6.45, 7) is 1.77. The monoisotopic (exact) mass is 411 g/mol. The number of carbonyl (C=O) groups is 1. The molecule has 0 radical (unpaired) electrons. The second kappa shape index (κ2) is 7.30. The van der Waals surface area contributed by atoms with Crippen molar-refractivity contribution in [3.63, 3.8) is 0 Å². The average Bonchev–Trinajstić information content (AvgIpc) is 3.22. The molecule has 1 amide bonds. The van der Waals surface area contributed by atoms with E-state index >= 15 is 0 Å². The van der Waals surface area contributed by atoms with Gasteiger partial charge in [0.2, 0.25) is 0 Å². The molecule has 0 bridgehead atoms. The maximum absolute atomic E-state index is 12.7. The third-order valence-corrected chi connectivity index (χ3v) is 5.23. The van der Waals surface area contributed by atoms with Crippen LogP contribution in [-0.2, 0) is 13.1 Å². The summed E-state index contributed by atoms with van der Waals surface area (Å²) < 4.78 is 42.6. The second-order valence-corrected chi connectivity index (χ2v) is 7.27. The minimum absolute atomic E-state index is 0.0188. The molecule has 2 aliphatic heterocycles. The number of aliphatic hydroxyl groups is 1. The Balaban J connectivity index is 1.46. The van der Waals surface area contributed by atoms with Crippen molar-refractivity contribution in [2.45, 2.75) is 38.0 Å². The Hall–Kier alpha value is -2.66. The van der Waals surface area contributed by atoms with Crippen LogP contribution in [0.25, 0.3) is 0 Å². The fourth-order valence-corrected chi connectivity index (χ4v) is 3.86. The van der Waals surface area contributed by atoms with E-state index in [-0.39, 0.29) is 29.8 Å². The highest BCUT2D eigenvalue weighted by molar-refractivity contribution is 5.94. The number of hydrogen-bond donors (Lipinski definition) is 1. The molecule has 8 nitrogen and oxygen atoms in total. The van der Waals surface area contributed by atoms with Gasteiger partial charge in [-0.05, 0) is 37.7 Å². The summed E-state index contributed by atoms with van der Waals surface area (Å²) in [6.07, 6.45) is -4.59. The van der Waals surface area contributed by atoms with Gasteiger partial charge in [-0.1, -0.05) is 0 Å². The van der Waals surface area contributed by atoms with Crippen molar-refractivity contribution in [1.29, 1.82) is 0 Å². The number of carbonyl (C=O) groups excluding carboxylic acids is 1. The lowest BCUT2D eigenvalue weighted by Crippen LogP contribution is -2.39. The van der Waals surface area contributed by atoms with Gasteiger partial charge in [0, 0.05) is 25.2 Å². The number of fused-ring (bicyclic) bond motifs is 1. The summed E-state index contributed by atoms with van der Waals surface area (Å²) >= 11 is 0. The standard InChI is InChI=1S/C18H20F3N5O3/c1-24-9-12(27)8-14(24)16-23-22-15-10-25(6-7-26(15)16)17(28)11-2-4-13(5-3-11)29-18(19,20)21/h2-5,12,14,27H,6-10H2,1H3/t12-,14+/m1/s1. The van der Waals surface area contributed by atoms with E-state index in [0.717, 1.165) is 18.0 Å². The Morgan fingerprint density at radius 3 is 2.55 bits per heavy atom. The first kappa shape index (κ1) is 19.6. The van der Waals surface area contributed by atoms with Crippen molar-refractivity contribution in [2.24, 2.45) is 0 Å². The summed E-state index contributed by atoms with van der Waals surface area (Å²) in [7, 11) is 1.92. The molecule has 0 unspecified atom stereocenters. The van der Waals surface area contributed by atoms with Crippen LogP contribution < -0.4 is 4.74 Å². The quantitative estimate of drug-likeness (QED) is 0.826. The van der Waals surface area contributed by atoms with Gasteiger partial charge < -0.3 is 19.3 Å². The summed E-state index contributed by atoms with van der Waals surface area (Å²) in [4.78, 5) is 16.3. The molecular weight excluding hydrogens is 391 g/mol. The molecule has 11 heteroatoms. The number of rotatable bonds is 3. The number of β-amino-alcohol motifs (C(OH)–C–C–N with tert-alkyl or cyclic N) is 1. The van der Waals surface area contributed by atoms with Crippen molar-refractivity contribution in [1.82, 2.24) is 24.6 Å². The zero-order valence-electron chi connectivity index (χ0n) is 15.6. The van der Waals surface area contributed by atoms with E-state index in [1.165, 1.54) is 12.1 Å². The van der Waals surface area contributed by atoms with Crippen LogP contribution in [0, 0.1) is 0 Å². The zero-order chi connectivity index (χ0) is 20.8. The molecule has 1 aromatic heterocycles. The van der Waals surface area contributed by atoms with Gasteiger partial charge in [0.25, 0.3) is 5.91 Å². The molecule has 0 aliphatic carbocycles. The van der Waals surface area contributed by atoms with Gasteiger partial charge in [-0.15, -0.1) is 23.4 Å². The first-order valence-electron chi connectivity index (χ1n) is 9.16. The van der Waals surface area contributed by atoms with E-state index in [4.69, 9.17) is 0 Å². The number of halogens is 3. The predicted octanol–water partition coefficient (Wildman–Crippen LogP) is 1.57. The number of hydrogen-bond acceptors (Lipinski definition) is 6. The summed E-state index contributed by atoms with van der Waals surface area (Å²) in [5, 5.41) is 18.4. The minimum Gasteiger partial charge on any atom is -0.406 e. The van der Waals surface area contributed by atoms with E-state index in [2.05, 4.69) is 14.9 Å². The summed E-state index contributed by atoms with van der Waals surface area (Å²) in [6, 6.07) is 4.83. The first-order chi connectivity index (χ1) is 13.7. The van der Waals surface area contributed by atoms with Gasteiger partial charge in [-0.3, -0.25) is 9.69 Å². The van der Waals surface area contributed by atoms with E-state index in [1.807, 2.05) is 16.5 Å². The lowest BCUT2D eigenvalue weighted by atomic mass is 10.1. The molecule has 4 rings (SSSR count). The van der Waals surface area contributed by atoms with Gasteiger partial charge in [0.05, 0.1) is 18.7 Å². The van der Waals surface area contributed by atoms with E-state index in [0.29, 0.717) is 31.9 Å². The van der Waals surface area contributed by atoms with Crippen LogP contribution in [0.4, 0.5) is 13.2 Å². The number of aliphatic hydroxyl groups excluding tert-OH is 1. The van der Waals surface area contributed by atoms with Crippen LogP contribution in [0.3, 0.4) is 0 Å². The highest BCUT2D eigenvalue weighted by atomic mass is 19.4. The number of amides is 1. The number of alkyl halides is 3. The van der Waals surface area contributed by atoms with Gasteiger partial charge in [0.1, 0.15) is 5.75 Å². The molecule has 1 aromatic carbocycles. The normalized spacial score (nSPS) is 22.6. The Kier molecular flexibility index (Phi) is 4.95. The topological polar surface area (TPSA) is 83.7 Å². The maximum Gasteiger partial charge on any atom is 0.573 e. The molecule has 1 saturated heterocycles. The lowest BCUT2D eigenvalue weighted by Gasteiger charge is -2.29. The zero-order valence-corrected chi connectivity index (χ0v) is 15.6. The Morgan fingerprint density at radius 1 is 1.21 bits per heavy atom. The van der Waals surface area contributed by atoms with Crippen molar-refractivity contribution in [3.05, 3.63) is 41.5 Å². The number of ether oxygens (including phenoxy) is 1. The predicted molar refractivity (Wildman–Crippen MR) is 93.9 cm³/mol. The Bertz CT molecular complexity index is 899. The summed E-state index contributed by atoms with van der Waals surface area (Å²) in [5.41, 5.74) is 0.270. The third kappa shape index (κ3) is 4.06. The van der Waals surface area contributed by atoms with Crippen LogP contribution >= 0.6 is 0 Å². The van der Waals surface area contributed by atoms with Crippen molar-refractivity contribution >= 4 is 5.91 Å². The van der Waals surface area contributed by atoms with Crippen molar-refractivity contribution < 1.29 is 27.8 Å². The third-order valence-electron chi connectivity index (χ3n) is 5.23. The SMILES string of the molecule is CN1C[C@H](O)C[C@H]1c1nnc2n1CCN(C(=O)c1ccc(OC(F)(F)F)cc1)C2. The molecule has 1 fully saturated rings. The molecule has 3 heterocycles. The first-order valence-corrected chi connectivity index (χ1v) is 9.16. The Morgan fingerprint density at radius 2 is 1.93 bits per heavy atom. The largest absolute Gasteiger partial charge is 0.573 e. The smallest absolute Gasteiger partial charge is 0.406 e. The summed E-state index contributed by atoms with van der Waals surface area (Å²) in [5.74, 6) is 0.749. The van der Waals surface area contributed by atoms with E-state index in [1.54, 1.807) is 4.90 Å². The average molecular weight is 411 g/mol. The minimum atomic E-state index is -4.77. The van der Waals surface area contributed by atoms with Crippen molar-refractivity contribution in [3.8, 4) is 5.75 Å². The number of nitrogens with zero attached hydrogens (tertiary/aromatic N) is 5. The van der Waals surface area contributed by atoms with E-state index < -0.39 is 12.5 Å². The maximum atomic E-state index is 12.7. The van der Waals surface area contributed by atoms with Crippen LogP contribution in [0.1, 0.15) is 34.5 Å². The van der Waals surface area contributed by atoms with Gasteiger partial charge >= 0.3 is 6.36 Å². The fourth-order valence-electron chi connectivity index (χ4n) is 3.86. The molecule has 156 valence electrons. The van der Waals surface area contributed by atoms with Gasteiger partial charge in [-0.2, -0.15) is 0 Å². The van der Waals surface area contributed by atoms with Gasteiger partial charge in [-0.25, -0.2) is 0 Å². The lowest BCUT2D eigenvalue weighted by molar-refractivity contribution is -0.274. The molecule has 1 N–H and O–H groups in total.